The number of carbonyl (C=O) groups is 1. The van der Waals surface area contributed by atoms with E-state index in [-0.39, 0.29) is 0 Å². The molecular formula is C17H25NO. The Bertz CT molecular complexity index is 397. The van der Waals surface area contributed by atoms with E-state index in [0.717, 1.165) is 25.3 Å². The molecule has 2 heteroatoms. The van der Waals surface area contributed by atoms with Crippen LogP contribution in [0.2, 0.25) is 0 Å². The summed E-state index contributed by atoms with van der Waals surface area (Å²) < 4.78 is 0. The quantitative estimate of drug-likeness (QED) is 0.724. The van der Waals surface area contributed by atoms with Crippen LogP contribution in [0, 0.1) is 5.92 Å². The standard InChI is InChI=1S/C17H25NO/c1-3-4-10-17(19)18(14(2)16-11-12-16)13-15-8-6-5-7-9-15/h5-9,14,16H,3-4,10-13H2,1-2H3. The lowest BCUT2D eigenvalue weighted by Crippen LogP contribution is -2.39. The molecule has 1 aromatic rings. The molecule has 0 saturated heterocycles. The topological polar surface area (TPSA) is 20.3 Å². The number of hydrogen-bond acceptors (Lipinski definition) is 1. The molecule has 1 aliphatic carbocycles. The lowest BCUT2D eigenvalue weighted by molar-refractivity contribution is -0.134. The molecule has 0 radical (unpaired) electrons. The summed E-state index contributed by atoms with van der Waals surface area (Å²) in [6.07, 6.45) is 5.35. The maximum absolute atomic E-state index is 12.4. The van der Waals surface area contributed by atoms with Gasteiger partial charge < -0.3 is 4.90 Å². The molecule has 0 bridgehead atoms. The molecule has 0 aromatic heterocycles. The second-order valence-electron chi connectivity index (χ2n) is 5.69. The minimum absolute atomic E-state index is 0.324. The van der Waals surface area contributed by atoms with Crippen LogP contribution < -0.4 is 0 Å². The number of rotatable bonds is 7. The Morgan fingerprint density at radius 1 is 1.32 bits per heavy atom. The Balaban J connectivity index is 2.02. The Morgan fingerprint density at radius 2 is 2.00 bits per heavy atom. The minimum Gasteiger partial charge on any atom is -0.335 e. The van der Waals surface area contributed by atoms with Crippen LogP contribution in [0.1, 0.15) is 51.5 Å². The molecule has 1 fully saturated rings. The van der Waals surface area contributed by atoms with Crippen molar-refractivity contribution in [3.63, 3.8) is 0 Å². The van der Waals surface area contributed by atoms with Gasteiger partial charge in [-0.05, 0) is 37.7 Å². The first kappa shape index (κ1) is 14.1. The van der Waals surface area contributed by atoms with Gasteiger partial charge in [0.1, 0.15) is 0 Å². The molecule has 1 aliphatic rings. The van der Waals surface area contributed by atoms with Gasteiger partial charge in [0.05, 0.1) is 0 Å². The van der Waals surface area contributed by atoms with Crippen LogP contribution in [0.4, 0.5) is 0 Å². The van der Waals surface area contributed by atoms with Gasteiger partial charge in [-0.3, -0.25) is 4.79 Å². The van der Waals surface area contributed by atoms with Crippen molar-refractivity contribution in [2.75, 3.05) is 0 Å². The second-order valence-corrected chi connectivity index (χ2v) is 5.69. The van der Waals surface area contributed by atoms with Crippen LogP contribution in [0.3, 0.4) is 0 Å². The zero-order valence-corrected chi connectivity index (χ0v) is 12.1. The molecule has 0 N–H and O–H groups in total. The normalized spacial score (nSPS) is 16.1. The van der Waals surface area contributed by atoms with E-state index in [1.54, 1.807) is 0 Å². The van der Waals surface area contributed by atoms with Crippen molar-refractivity contribution in [3.05, 3.63) is 35.9 Å². The van der Waals surface area contributed by atoms with E-state index in [1.807, 2.05) is 18.2 Å². The predicted molar refractivity (Wildman–Crippen MR) is 78.7 cm³/mol. The summed E-state index contributed by atoms with van der Waals surface area (Å²) >= 11 is 0. The van der Waals surface area contributed by atoms with Crippen LogP contribution >= 0.6 is 0 Å². The third kappa shape index (κ3) is 4.09. The lowest BCUT2D eigenvalue weighted by atomic mass is 10.1. The Labute approximate surface area is 116 Å². The molecule has 0 aliphatic heterocycles. The van der Waals surface area contributed by atoms with E-state index in [1.165, 1.54) is 18.4 Å². The first-order chi connectivity index (χ1) is 9.22. The van der Waals surface area contributed by atoms with Crippen LogP contribution in [-0.2, 0) is 11.3 Å². The van der Waals surface area contributed by atoms with Gasteiger partial charge in [-0.1, -0.05) is 43.7 Å². The van der Waals surface area contributed by atoms with Crippen molar-refractivity contribution in [2.45, 2.75) is 58.5 Å². The SMILES string of the molecule is CCCCC(=O)N(Cc1ccccc1)C(C)C1CC1. The Kier molecular flexibility index (Phi) is 5.00. The predicted octanol–water partition coefficient (Wildman–Crippen LogP) is 4.00. The highest BCUT2D eigenvalue weighted by molar-refractivity contribution is 5.76. The highest BCUT2D eigenvalue weighted by Crippen LogP contribution is 2.36. The van der Waals surface area contributed by atoms with Crippen molar-refractivity contribution >= 4 is 5.91 Å². The van der Waals surface area contributed by atoms with Crippen molar-refractivity contribution in [1.29, 1.82) is 0 Å². The maximum atomic E-state index is 12.4. The summed E-state index contributed by atoms with van der Waals surface area (Å²) in [5.41, 5.74) is 1.24. The summed E-state index contributed by atoms with van der Waals surface area (Å²) in [4.78, 5) is 14.5. The summed E-state index contributed by atoms with van der Waals surface area (Å²) in [6, 6.07) is 10.7. The minimum atomic E-state index is 0.324. The molecule has 1 aromatic carbocycles. The average molecular weight is 259 g/mol. The fourth-order valence-corrected chi connectivity index (χ4v) is 2.54. The van der Waals surface area contributed by atoms with Crippen LogP contribution in [0.5, 0.6) is 0 Å². The third-order valence-corrected chi connectivity index (χ3v) is 4.06. The van der Waals surface area contributed by atoms with Crippen molar-refractivity contribution in [2.24, 2.45) is 5.92 Å². The van der Waals surface area contributed by atoms with E-state index in [0.29, 0.717) is 18.4 Å². The van der Waals surface area contributed by atoms with Gasteiger partial charge in [-0.15, -0.1) is 0 Å². The van der Waals surface area contributed by atoms with Gasteiger partial charge in [0.15, 0.2) is 0 Å². The molecule has 1 saturated carbocycles. The van der Waals surface area contributed by atoms with E-state index < -0.39 is 0 Å². The molecule has 104 valence electrons. The van der Waals surface area contributed by atoms with Gasteiger partial charge >= 0.3 is 0 Å². The Morgan fingerprint density at radius 3 is 2.58 bits per heavy atom. The fraction of sp³-hybridized carbons (Fsp3) is 0.588. The van der Waals surface area contributed by atoms with Crippen molar-refractivity contribution in [1.82, 2.24) is 4.90 Å². The highest BCUT2D eigenvalue weighted by Gasteiger charge is 2.33. The van der Waals surface area contributed by atoms with Gasteiger partial charge in [-0.2, -0.15) is 0 Å². The lowest BCUT2D eigenvalue weighted by Gasteiger charge is -2.30. The molecule has 0 heterocycles. The molecule has 1 amide bonds. The van der Waals surface area contributed by atoms with Crippen molar-refractivity contribution < 1.29 is 4.79 Å². The van der Waals surface area contributed by atoms with Gasteiger partial charge in [0.2, 0.25) is 5.91 Å². The number of amides is 1. The number of hydrogen-bond donors (Lipinski definition) is 0. The zero-order chi connectivity index (χ0) is 13.7. The maximum Gasteiger partial charge on any atom is 0.223 e. The molecule has 1 atom stereocenters. The monoisotopic (exact) mass is 259 g/mol. The molecular weight excluding hydrogens is 234 g/mol. The Hall–Kier alpha value is -1.31. The van der Waals surface area contributed by atoms with Crippen LogP contribution in [0.25, 0.3) is 0 Å². The third-order valence-electron chi connectivity index (χ3n) is 4.06. The van der Waals surface area contributed by atoms with E-state index in [9.17, 15) is 4.79 Å². The molecule has 19 heavy (non-hydrogen) atoms. The van der Waals surface area contributed by atoms with E-state index in [4.69, 9.17) is 0 Å². The molecule has 1 unspecified atom stereocenters. The van der Waals surface area contributed by atoms with Gasteiger partial charge in [0, 0.05) is 19.0 Å². The summed E-state index contributed by atoms with van der Waals surface area (Å²) in [7, 11) is 0. The molecule has 2 rings (SSSR count). The summed E-state index contributed by atoms with van der Waals surface area (Å²) in [6.45, 7) is 5.12. The van der Waals surface area contributed by atoms with Crippen LogP contribution in [0.15, 0.2) is 30.3 Å². The summed E-state index contributed by atoms with van der Waals surface area (Å²) in [5.74, 6) is 1.05. The molecule has 0 spiro atoms. The van der Waals surface area contributed by atoms with Crippen LogP contribution in [-0.4, -0.2) is 16.8 Å². The largest absolute Gasteiger partial charge is 0.335 e. The highest BCUT2D eigenvalue weighted by atomic mass is 16.2. The second kappa shape index (κ2) is 6.74. The smallest absolute Gasteiger partial charge is 0.223 e. The van der Waals surface area contributed by atoms with E-state index >= 15 is 0 Å². The van der Waals surface area contributed by atoms with Crippen molar-refractivity contribution in [3.8, 4) is 0 Å². The van der Waals surface area contributed by atoms with Gasteiger partial charge in [0.25, 0.3) is 0 Å². The average Bonchev–Trinajstić information content (AvgIpc) is 3.27. The van der Waals surface area contributed by atoms with E-state index in [2.05, 4.69) is 30.9 Å². The first-order valence-corrected chi connectivity index (χ1v) is 7.55. The summed E-state index contributed by atoms with van der Waals surface area (Å²) in [5, 5.41) is 0. The fourth-order valence-electron chi connectivity index (χ4n) is 2.54. The number of benzene rings is 1. The number of nitrogens with zero attached hydrogens (tertiary/aromatic N) is 1. The first-order valence-electron chi connectivity index (χ1n) is 7.55. The van der Waals surface area contributed by atoms with Gasteiger partial charge in [-0.25, -0.2) is 0 Å². The number of carbonyl (C=O) groups excluding carboxylic acids is 1. The number of unbranched alkanes of at least 4 members (excludes halogenated alkanes) is 1. The zero-order valence-electron chi connectivity index (χ0n) is 12.1. The molecule has 2 nitrogen and oxygen atoms in total.